The molecule has 0 aliphatic heterocycles. The van der Waals surface area contributed by atoms with Crippen molar-refractivity contribution in [2.75, 3.05) is 32.6 Å². The summed E-state index contributed by atoms with van der Waals surface area (Å²) in [5, 5.41) is 10.6. The monoisotopic (exact) mass is 462 g/mol. The van der Waals surface area contributed by atoms with Gasteiger partial charge >= 0.3 is 0 Å². The second kappa shape index (κ2) is 10.0. The van der Waals surface area contributed by atoms with Crippen molar-refractivity contribution in [3.63, 3.8) is 0 Å². The van der Waals surface area contributed by atoms with Gasteiger partial charge in [0.1, 0.15) is 41.0 Å². The second-order valence-corrected chi connectivity index (χ2v) is 7.39. The van der Waals surface area contributed by atoms with Crippen molar-refractivity contribution in [2.24, 2.45) is 7.05 Å². The fourth-order valence-electron chi connectivity index (χ4n) is 3.48. The van der Waals surface area contributed by atoms with E-state index in [0.29, 0.717) is 47.6 Å². The lowest BCUT2D eigenvalue weighted by atomic mass is 10.1. The fourth-order valence-corrected chi connectivity index (χ4v) is 3.48. The van der Waals surface area contributed by atoms with Crippen LogP contribution in [0, 0.1) is 6.92 Å². The van der Waals surface area contributed by atoms with E-state index in [9.17, 15) is 4.79 Å². The predicted molar refractivity (Wildman–Crippen MR) is 126 cm³/mol. The fraction of sp³-hybridized carbons (Fsp3) is 0.261. The summed E-state index contributed by atoms with van der Waals surface area (Å²) in [5.41, 5.74) is 1.79. The summed E-state index contributed by atoms with van der Waals surface area (Å²) in [6, 6.07) is 8.99. The number of methoxy groups -OCH3 is 2. The van der Waals surface area contributed by atoms with E-state index in [1.165, 1.54) is 6.33 Å². The van der Waals surface area contributed by atoms with Crippen LogP contribution in [0.25, 0.3) is 17.1 Å². The Hall–Kier alpha value is -4.41. The number of hydrogen-bond acceptors (Lipinski definition) is 8. The summed E-state index contributed by atoms with van der Waals surface area (Å²) in [6.45, 7) is 2.78. The summed E-state index contributed by atoms with van der Waals surface area (Å²) < 4.78 is 14.2. The molecule has 34 heavy (non-hydrogen) atoms. The molecule has 0 fully saturated rings. The molecule has 3 aromatic heterocycles. The Morgan fingerprint density at radius 1 is 1.06 bits per heavy atom. The van der Waals surface area contributed by atoms with Gasteiger partial charge in [-0.2, -0.15) is 5.10 Å². The van der Waals surface area contributed by atoms with Crippen LogP contribution in [-0.2, 0) is 7.05 Å². The normalized spacial score (nSPS) is 10.7. The number of imidazole rings is 1. The zero-order valence-corrected chi connectivity index (χ0v) is 19.4. The number of carbonyl (C=O) groups excluding carboxylic acids is 1. The van der Waals surface area contributed by atoms with E-state index in [2.05, 4.69) is 30.7 Å². The van der Waals surface area contributed by atoms with Gasteiger partial charge < -0.3 is 20.1 Å². The van der Waals surface area contributed by atoms with E-state index in [1.54, 1.807) is 44.3 Å². The molecule has 0 saturated heterocycles. The number of aryl methyl sites for hydroxylation is 2. The Labute approximate surface area is 196 Å². The first-order valence-corrected chi connectivity index (χ1v) is 10.6. The van der Waals surface area contributed by atoms with E-state index < -0.39 is 0 Å². The molecule has 0 spiro atoms. The van der Waals surface area contributed by atoms with Gasteiger partial charge in [-0.05, 0) is 31.2 Å². The first-order chi connectivity index (χ1) is 16.5. The Morgan fingerprint density at radius 2 is 1.91 bits per heavy atom. The molecule has 3 heterocycles. The van der Waals surface area contributed by atoms with Gasteiger partial charge in [0.25, 0.3) is 5.91 Å². The van der Waals surface area contributed by atoms with Crippen molar-refractivity contribution < 1.29 is 14.3 Å². The number of ether oxygens (including phenoxy) is 2. The highest BCUT2D eigenvalue weighted by atomic mass is 16.5. The maximum absolute atomic E-state index is 12.8. The van der Waals surface area contributed by atoms with Gasteiger partial charge in [0.15, 0.2) is 0 Å². The van der Waals surface area contributed by atoms with E-state index in [-0.39, 0.29) is 5.91 Å². The molecule has 0 aliphatic carbocycles. The molecule has 4 aromatic rings. The Morgan fingerprint density at radius 3 is 2.65 bits per heavy atom. The van der Waals surface area contributed by atoms with E-state index in [0.717, 1.165) is 11.4 Å². The van der Waals surface area contributed by atoms with E-state index in [1.807, 2.05) is 35.9 Å². The highest BCUT2D eigenvalue weighted by Crippen LogP contribution is 2.32. The molecule has 11 nitrogen and oxygen atoms in total. The largest absolute Gasteiger partial charge is 0.497 e. The van der Waals surface area contributed by atoms with Gasteiger partial charge in [0.05, 0.1) is 19.9 Å². The third-order valence-electron chi connectivity index (χ3n) is 5.24. The van der Waals surface area contributed by atoms with Crippen molar-refractivity contribution in [3.05, 3.63) is 60.6 Å². The standard InChI is InChI=1S/C23H26N8O3/c1-15-24-9-10-31(15)22-13-21(27-14-28-22)25-7-8-26-23(32)19-12-18(29-30(19)2)17-11-16(33-3)5-6-20(17)34-4/h5-6,9-14H,7-8H2,1-4H3,(H,26,32)(H,25,27,28). The van der Waals surface area contributed by atoms with Crippen LogP contribution in [0.3, 0.4) is 0 Å². The minimum atomic E-state index is -0.234. The molecular formula is C23H26N8O3. The van der Waals surface area contributed by atoms with Crippen molar-refractivity contribution in [2.45, 2.75) is 6.92 Å². The molecule has 0 radical (unpaired) electrons. The summed E-state index contributed by atoms with van der Waals surface area (Å²) in [5.74, 6) is 3.29. The quantitative estimate of drug-likeness (QED) is 0.363. The average Bonchev–Trinajstić information content (AvgIpc) is 3.46. The van der Waals surface area contributed by atoms with Crippen molar-refractivity contribution in [1.82, 2.24) is 34.6 Å². The number of nitrogens with one attached hydrogen (secondary N) is 2. The van der Waals surface area contributed by atoms with Gasteiger partial charge in [0, 0.05) is 44.2 Å². The molecule has 1 amide bonds. The molecular weight excluding hydrogens is 436 g/mol. The van der Waals surface area contributed by atoms with Crippen LogP contribution in [0.2, 0.25) is 0 Å². The second-order valence-electron chi connectivity index (χ2n) is 7.39. The first-order valence-electron chi connectivity index (χ1n) is 10.6. The summed E-state index contributed by atoms with van der Waals surface area (Å²) in [6.07, 6.45) is 5.04. The number of anilines is 1. The van der Waals surface area contributed by atoms with Crippen LogP contribution >= 0.6 is 0 Å². The topological polar surface area (TPSA) is 121 Å². The van der Waals surface area contributed by atoms with Crippen molar-refractivity contribution >= 4 is 11.7 Å². The molecule has 2 N–H and O–H groups in total. The van der Waals surface area contributed by atoms with Crippen LogP contribution in [0.4, 0.5) is 5.82 Å². The van der Waals surface area contributed by atoms with Crippen molar-refractivity contribution in [1.29, 1.82) is 0 Å². The number of nitrogens with zero attached hydrogens (tertiary/aromatic N) is 6. The number of benzene rings is 1. The van der Waals surface area contributed by atoms with Crippen LogP contribution < -0.4 is 20.1 Å². The molecule has 4 rings (SSSR count). The third-order valence-corrected chi connectivity index (χ3v) is 5.24. The molecule has 11 heteroatoms. The zero-order chi connectivity index (χ0) is 24.1. The van der Waals surface area contributed by atoms with Crippen LogP contribution in [0.1, 0.15) is 16.3 Å². The molecule has 176 valence electrons. The smallest absolute Gasteiger partial charge is 0.269 e. The summed E-state index contributed by atoms with van der Waals surface area (Å²) in [4.78, 5) is 25.5. The lowest BCUT2D eigenvalue weighted by Gasteiger charge is -2.09. The lowest BCUT2D eigenvalue weighted by molar-refractivity contribution is 0.0945. The van der Waals surface area contributed by atoms with Gasteiger partial charge in [-0.1, -0.05) is 0 Å². The van der Waals surface area contributed by atoms with Gasteiger partial charge in [-0.15, -0.1) is 0 Å². The van der Waals surface area contributed by atoms with Gasteiger partial charge in [-0.3, -0.25) is 14.0 Å². The Bertz CT molecular complexity index is 1300. The highest BCUT2D eigenvalue weighted by Gasteiger charge is 2.17. The van der Waals surface area contributed by atoms with Gasteiger partial charge in [0.2, 0.25) is 0 Å². The number of rotatable bonds is 9. The van der Waals surface area contributed by atoms with Crippen molar-refractivity contribution in [3.8, 4) is 28.6 Å². The molecule has 0 unspecified atom stereocenters. The van der Waals surface area contributed by atoms with Crippen LogP contribution in [-0.4, -0.2) is 62.5 Å². The average molecular weight is 463 g/mol. The number of hydrogen-bond donors (Lipinski definition) is 2. The number of amides is 1. The summed E-state index contributed by atoms with van der Waals surface area (Å²) in [7, 11) is 4.91. The van der Waals surface area contributed by atoms with E-state index in [4.69, 9.17) is 9.47 Å². The van der Waals surface area contributed by atoms with Crippen LogP contribution in [0.5, 0.6) is 11.5 Å². The predicted octanol–water partition coefficient (Wildman–Crippen LogP) is 2.23. The number of aromatic nitrogens is 6. The zero-order valence-electron chi connectivity index (χ0n) is 19.4. The third kappa shape index (κ3) is 4.82. The summed E-state index contributed by atoms with van der Waals surface area (Å²) >= 11 is 0. The minimum Gasteiger partial charge on any atom is -0.497 e. The number of carbonyl (C=O) groups is 1. The molecule has 0 bridgehead atoms. The molecule has 1 aromatic carbocycles. The van der Waals surface area contributed by atoms with Crippen LogP contribution in [0.15, 0.2) is 49.1 Å². The maximum Gasteiger partial charge on any atom is 0.269 e. The molecule has 0 aliphatic rings. The first kappa shape index (κ1) is 22.8. The minimum absolute atomic E-state index is 0.234. The lowest BCUT2D eigenvalue weighted by Crippen LogP contribution is -2.30. The highest BCUT2D eigenvalue weighted by molar-refractivity contribution is 5.94. The molecule has 0 atom stereocenters. The van der Waals surface area contributed by atoms with E-state index >= 15 is 0 Å². The Kier molecular flexibility index (Phi) is 6.72. The maximum atomic E-state index is 12.8. The van der Waals surface area contributed by atoms with Gasteiger partial charge in [-0.25, -0.2) is 15.0 Å². The molecule has 0 saturated carbocycles. The SMILES string of the molecule is COc1ccc(OC)c(-c2cc(C(=O)NCCNc3cc(-n4ccnc4C)ncn3)n(C)n2)c1. The Balaban J connectivity index is 1.38.